The minimum Gasteiger partial charge on any atom is -0.394 e. The fourth-order valence-corrected chi connectivity index (χ4v) is 0.847. The van der Waals surface area contributed by atoms with Crippen molar-refractivity contribution in [3.63, 3.8) is 0 Å². The molecule has 0 aliphatic rings. The van der Waals surface area contributed by atoms with E-state index in [9.17, 15) is 13.9 Å². The number of carbonyl (C=O) groups excluding carboxylic acids is 1. The lowest BCUT2D eigenvalue weighted by atomic mass is 10.2. The summed E-state index contributed by atoms with van der Waals surface area (Å²) in [5.41, 5.74) is -1.16. The van der Waals surface area contributed by atoms with Gasteiger partial charge >= 0.3 is 7.68 Å². The van der Waals surface area contributed by atoms with Crippen molar-refractivity contribution in [2.75, 3.05) is 6.61 Å². The molecule has 0 aromatic carbocycles. The lowest BCUT2D eigenvalue weighted by Gasteiger charge is -2.12. The fraction of sp³-hybridized carbons (Fsp3) is 0.800. The van der Waals surface area contributed by atoms with E-state index in [4.69, 9.17) is 15.3 Å². The van der Waals surface area contributed by atoms with Crippen LogP contribution in [0.4, 0.5) is 0 Å². The molecular weight excluding hydrogens is 187 g/mol. The smallest absolute Gasteiger partial charge is 0.385 e. The van der Waals surface area contributed by atoms with Gasteiger partial charge in [-0.2, -0.15) is 0 Å². The van der Waals surface area contributed by atoms with Crippen molar-refractivity contribution in [1.82, 2.24) is 0 Å². The topological polar surface area (TPSA) is 112 Å². The predicted octanol–water partition coefficient (Wildman–Crippen LogP) is -1.21. The first-order valence-electron chi connectivity index (χ1n) is 3.13. The van der Waals surface area contributed by atoms with Crippen LogP contribution in [0.25, 0.3) is 0 Å². The van der Waals surface area contributed by atoms with E-state index in [1.54, 1.807) is 0 Å². The maximum absolute atomic E-state index is 10.4. The summed E-state index contributed by atoms with van der Waals surface area (Å²) in [6.45, 7) is -0.718. The van der Waals surface area contributed by atoms with Crippen molar-refractivity contribution < 1.29 is 29.2 Å². The van der Waals surface area contributed by atoms with Crippen molar-refractivity contribution in [3.05, 3.63) is 0 Å². The third-order valence-corrected chi connectivity index (χ3v) is 1.81. The van der Waals surface area contributed by atoms with Gasteiger partial charge in [-0.3, -0.25) is 4.79 Å². The van der Waals surface area contributed by atoms with E-state index in [0.29, 0.717) is 0 Å². The molecule has 0 amide bonds. The molecule has 0 spiro atoms. The molecule has 0 aromatic rings. The number of hydrogen-bond donors (Lipinski definition) is 3. The predicted molar refractivity (Wildman–Crippen MR) is 37.0 cm³/mol. The van der Waals surface area contributed by atoms with Gasteiger partial charge in [0.15, 0.2) is 0 Å². The van der Waals surface area contributed by atoms with Crippen LogP contribution in [0.2, 0.25) is 0 Å². The molecule has 7 heteroatoms. The quantitative estimate of drug-likeness (QED) is 0.475. The van der Waals surface area contributed by atoms with Crippen LogP contribution >= 0.6 is 7.68 Å². The van der Waals surface area contributed by atoms with Gasteiger partial charge in [0.05, 0.1) is 12.7 Å². The Bertz CT molecular complexity index is 214. The summed E-state index contributed by atoms with van der Waals surface area (Å²) in [4.78, 5) is 10.4. The second-order valence-electron chi connectivity index (χ2n) is 2.17. The summed E-state index contributed by atoms with van der Waals surface area (Å²) in [7, 11) is -3.22. The molecule has 3 N–H and O–H groups in total. The van der Waals surface area contributed by atoms with Gasteiger partial charge in [0, 0.05) is 6.42 Å². The summed E-state index contributed by atoms with van der Waals surface area (Å²) < 4.78 is 20.0. The molecule has 0 bridgehead atoms. The van der Waals surface area contributed by atoms with Crippen LogP contribution in [0, 0.1) is 0 Å². The highest BCUT2D eigenvalue weighted by molar-refractivity contribution is 7.52. The summed E-state index contributed by atoms with van der Waals surface area (Å²) >= 11 is 0. The zero-order chi connectivity index (χ0) is 9.72. The van der Waals surface area contributed by atoms with Crippen LogP contribution in [-0.4, -0.2) is 39.7 Å². The highest BCUT2D eigenvalue weighted by atomic mass is 31.1. The van der Waals surface area contributed by atoms with Crippen molar-refractivity contribution in [2.45, 2.75) is 18.6 Å². The highest BCUT2D eigenvalue weighted by Crippen LogP contribution is 2.11. The molecule has 0 rings (SSSR count). The second kappa shape index (κ2) is 5.16. The van der Waals surface area contributed by atoms with Crippen LogP contribution in [0.1, 0.15) is 6.42 Å². The van der Waals surface area contributed by atoms with Crippen molar-refractivity contribution in [2.24, 2.45) is 0 Å². The minimum absolute atomic E-state index is 0.694. The van der Waals surface area contributed by atoms with E-state index in [2.05, 4.69) is 0 Å². The Hall–Kier alpha value is -0.550. The van der Waals surface area contributed by atoms with Gasteiger partial charge in [0.2, 0.25) is 0 Å². The molecule has 0 aliphatic heterocycles. The normalized spacial score (nSPS) is 15.2. The molecule has 0 radical (unpaired) electrons. The van der Waals surface area contributed by atoms with Gasteiger partial charge in [-0.1, -0.05) is 0 Å². The molecule has 6 nitrogen and oxygen atoms in total. The number of aliphatic hydroxyl groups is 3. The molecule has 0 unspecified atom stereocenters. The van der Waals surface area contributed by atoms with Gasteiger partial charge in [-0.15, -0.1) is 0 Å². The highest BCUT2D eigenvalue weighted by Gasteiger charge is 2.21. The SMILES string of the molecule is O=C(C[C@H](O)[C@H](O)CO)P(=O)=O. The van der Waals surface area contributed by atoms with E-state index >= 15 is 0 Å². The van der Waals surface area contributed by atoms with Gasteiger partial charge in [-0.25, -0.2) is 9.13 Å². The molecule has 0 aromatic heterocycles. The van der Waals surface area contributed by atoms with Crippen LogP contribution in [0.3, 0.4) is 0 Å². The van der Waals surface area contributed by atoms with Crippen LogP contribution in [0.5, 0.6) is 0 Å². The van der Waals surface area contributed by atoms with E-state index < -0.39 is 38.4 Å². The maximum atomic E-state index is 10.4. The first-order chi connectivity index (χ1) is 5.49. The van der Waals surface area contributed by atoms with Crippen molar-refractivity contribution in [3.8, 4) is 0 Å². The van der Waals surface area contributed by atoms with E-state index in [1.807, 2.05) is 0 Å². The van der Waals surface area contributed by atoms with E-state index in [0.717, 1.165) is 0 Å². The lowest BCUT2D eigenvalue weighted by Crippen LogP contribution is -2.30. The Kier molecular flexibility index (Phi) is 4.92. The summed E-state index contributed by atoms with van der Waals surface area (Å²) in [5.74, 6) is 0. The van der Waals surface area contributed by atoms with Crippen molar-refractivity contribution >= 4 is 13.2 Å². The standard InChI is InChI=1S/C5H9O6P/c6-2-4(8)3(7)1-5(9)12(10)11/h3-4,6-8H,1-2H2/t3-,4+/m0/s1. The van der Waals surface area contributed by atoms with Gasteiger partial charge in [0.1, 0.15) is 6.10 Å². The van der Waals surface area contributed by atoms with Crippen molar-refractivity contribution in [1.29, 1.82) is 0 Å². The van der Waals surface area contributed by atoms with Gasteiger partial charge in [-0.05, 0) is 0 Å². The Balaban J connectivity index is 4.00. The zero-order valence-corrected chi connectivity index (χ0v) is 6.98. The zero-order valence-electron chi connectivity index (χ0n) is 6.08. The van der Waals surface area contributed by atoms with Crippen LogP contribution < -0.4 is 0 Å². The minimum atomic E-state index is -3.22. The van der Waals surface area contributed by atoms with E-state index in [-0.39, 0.29) is 0 Å². The average molecular weight is 196 g/mol. The van der Waals surface area contributed by atoms with Gasteiger partial charge < -0.3 is 15.3 Å². The molecule has 70 valence electrons. The molecule has 2 atom stereocenters. The first kappa shape index (κ1) is 11.4. The molecular formula is C5H9O6P. The Morgan fingerprint density at radius 2 is 1.75 bits per heavy atom. The Morgan fingerprint density at radius 3 is 2.08 bits per heavy atom. The molecule has 0 fully saturated rings. The number of hydrogen-bond acceptors (Lipinski definition) is 6. The summed E-state index contributed by atoms with van der Waals surface area (Å²) in [5, 5.41) is 25.8. The molecule has 12 heavy (non-hydrogen) atoms. The number of rotatable bonds is 5. The Morgan fingerprint density at radius 1 is 1.25 bits per heavy atom. The monoisotopic (exact) mass is 196 g/mol. The summed E-state index contributed by atoms with van der Waals surface area (Å²) in [6, 6.07) is 0. The number of carbonyl (C=O) groups is 1. The first-order valence-corrected chi connectivity index (χ1v) is 4.31. The lowest BCUT2D eigenvalue weighted by molar-refractivity contribution is -0.116. The maximum Gasteiger partial charge on any atom is 0.385 e. The van der Waals surface area contributed by atoms with Gasteiger partial charge in [0.25, 0.3) is 5.52 Å². The molecule has 0 saturated carbocycles. The van der Waals surface area contributed by atoms with E-state index in [1.165, 1.54) is 0 Å². The average Bonchev–Trinajstić information content (AvgIpc) is 2.02. The molecule has 0 aliphatic carbocycles. The fourth-order valence-electron chi connectivity index (χ4n) is 0.511. The third-order valence-electron chi connectivity index (χ3n) is 1.22. The van der Waals surface area contributed by atoms with Crippen LogP contribution in [-0.2, 0) is 13.9 Å². The summed E-state index contributed by atoms with van der Waals surface area (Å²) in [6.07, 6.45) is -3.71. The molecule has 0 saturated heterocycles. The largest absolute Gasteiger partial charge is 0.394 e. The number of aliphatic hydroxyl groups excluding tert-OH is 3. The molecule has 0 heterocycles. The Labute approximate surface area is 68.7 Å². The van der Waals surface area contributed by atoms with Crippen LogP contribution in [0.15, 0.2) is 0 Å². The third kappa shape index (κ3) is 3.73. The second-order valence-corrected chi connectivity index (χ2v) is 3.19.